The van der Waals surface area contributed by atoms with Gasteiger partial charge in [-0.15, -0.1) is 0 Å². The second kappa shape index (κ2) is 7.08. The third-order valence-corrected chi connectivity index (χ3v) is 4.38. The van der Waals surface area contributed by atoms with Gasteiger partial charge in [-0.25, -0.2) is 0 Å². The maximum atomic E-state index is 5.83. The Hall–Kier alpha value is -2.95. The number of nitrogens with one attached hydrogen (secondary N) is 1. The largest absolute Gasteiger partial charge is 0.381 e. The van der Waals surface area contributed by atoms with E-state index < -0.39 is 0 Å². The molecule has 3 rings (SSSR count). The summed E-state index contributed by atoms with van der Waals surface area (Å²) in [5.41, 5.74) is 5.94. The first-order chi connectivity index (χ1) is 11.7. The average molecular weight is 320 g/mol. The normalized spacial score (nSPS) is 16.5. The summed E-state index contributed by atoms with van der Waals surface area (Å²) in [5.74, 6) is 5.88. The molecule has 5 nitrogen and oxygen atoms in total. The van der Waals surface area contributed by atoms with Crippen LogP contribution in [0.4, 0.5) is 5.69 Å². The van der Waals surface area contributed by atoms with Crippen molar-refractivity contribution in [1.29, 1.82) is 0 Å². The summed E-state index contributed by atoms with van der Waals surface area (Å²) < 4.78 is 0. The van der Waals surface area contributed by atoms with Gasteiger partial charge in [-0.3, -0.25) is 11.3 Å². The van der Waals surface area contributed by atoms with Crippen molar-refractivity contribution < 1.29 is 5.41 Å². The Bertz CT molecular complexity index is 807. The quantitative estimate of drug-likeness (QED) is 0.265. The van der Waals surface area contributed by atoms with Crippen molar-refractivity contribution in [3.05, 3.63) is 70.8 Å². The van der Waals surface area contributed by atoms with Crippen LogP contribution in [0.15, 0.2) is 64.4 Å². The van der Waals surface area contributed by atoms with Crippen LogP contribution < -0.4 is 16.6 Å². The van der Waals surface area contributed by atoms with E-state index in [0.29, 0.717) is 11.8 Å². The molecule has 0 heterocycles. The lowest BCUT2D eigenvalue weighted by atomic mass is 9.84. The van der Waals surface area contributed by atoms with Crippen molar-refractivity contribution in [1.82, 2.24) is 0 Å². The molecule has 0 aliphatic heterocycles. The number of benzene rings is 2. The average Bonchev–Trinajstić information content (AvgIpc) is 2.60. The molecule has 1 aliphatic carbocycles. The number of hydrogen-bond donors (Lipinski definition) is 3. The van der Waals surface area contributed by atoms with E-state index in [4.69, 9.17) is 11.3 Å². The van der Waals surface area contributed by atoms with Crippen LogP contribution in [0, 0.1) is 5.92 Å². The van der Waals surface area contributed by atoms with Gasteiger partial charge >= 0.3 is 5.84 Å². The van der Waals surface area contributed by atoms with Crippen molar-refractivity contribution in [2.24, 2.45) is 22.1 Å². The van der Waals surface area contributed by atoms with Gasteiger partial charge in [0.25, 0.3) is 0 Å². The fourth-order valence-electron chi connectivity index (χ4n) is 3.00. The fraction of sp³-hybridized carbons (Fsp3) is 0.211. The predicted molar refractivity (Wildman–Crippen MR) is 97.3 cm³/mol. The fourth-order valence-corrected chi connectivity index (χ4v) is 3.00. The van der Waals surface area contributed by atoms with Crippen LogP contribution in [-0.4, -0.2) is 12.4 Å². The summed E-state index contributed by atoms with van der Waals surface area (Å²) >= 11 is 0. The lowest BCUT2D eigenvalue weighted by molar-refractivity contribution is -0.114. The predicted octanol–water partition coefficient (Wildman–Crippen LogP) is 2.21. The molecule has 0 aromatic heterocycles. The monoisotopic (exact) mass is 320 g/mol. The minimum absolute atomic E-state index is 0.306. The van der Waals surface area contributed by atoms with E-state index in [9.17, 15) is 0 Å². The number of nitrogens with two attached hydrogens (primary N) is 2. The molecule has 0 spiro atoms. The molecule has 1 atom stereocenters. The molecule has 0 amide bonds. The molecule has 1 aliphatic rings. The van der Waals surface area contributed by atoms with Gasteiger partial charge in [0, 0.05) is 17.5 Å². The summed E-state index contributed by atoms with van der Waals surface area (Å²) in [6.45, 7) is 3.07. The van der Waals surface area contributed by atoms with Gasteiger partial charge in [0.2, 0.25) is 0 Å². The summed E-state index contributed by atoms with van der Waals surface area (Å²) in [7, 11) is 0. The maximum absolute atomic E-state index is 5.83. The molecule has 5 N–H and O–H groups in total. The van der Waals surface area contributed by atoms with Crippen molar-refractivity contribution >= 4 is 17.6 Å². The molecular formula is C19H22N5+. The van der Waals surface area contributed by atoms with Crippen LogP contribution in [0.25, 0.3) is 6.08 Å². The molecule has 2 aromatic rings. The third-order valence-electron chi connectivity index (χ3n) is 4.38. The molecule has 0 radical (unpaired) electrons. The van der Waals surface area contributed by atoms with E-state index in [-0.39, 0.29) is 0 Å². The Labute approximate surface area is 141 Å². The van der Waals surface area contributed by atoms with Crippen molar-refractivity contribution in [3.63, 3.8) is 0 Å². The minimum atomic E-state index is 0.306. The number of hydrogen-bond acceptors (Lipinski definition) is 2. The second-order valence-corrected chi connectivity index (χ2v) is 6.06. The molecule has 0 bridgehead atoms. The van der Waals surface area contributed by atoms with Crippen LogP contribution in [0.2, 0.25) is 0 Å². The molecule has 0 saturated carbocycles. The summed E-state index contributed by atoms with van der Waals surface area (Å²) in [6, 6.07) is 16.4. The third kappa shape index (κ3) is 3.51. The summed E-state index contributed by atoms with van der Waals surface area (Å²) in [6.07, 6.45) is 3.38. The first-order valence-electron chi connectivity index (χ1n) is 8.03. The highest BCUT2D eigenvalue weighted by molar-refractivity contribution is 5.95. The molecule has 0 fully saturated rings. The van der Waals surface area contributed by atoms with Gasteiger partial charge in [-0.2, -0.15) is 0 Å². The maximum Gasteiger partial charge on any atom is 0.350 e. The van der Waals surface area contributed by atoms with Crippen molar-refractivity contribution in [2.45, 2.75) is 13.3 Å². The first kappa shape index (κ1) is 15.9. The lowest BCUT2D eigenvalue weighted by Crippen LogP contribution is -2.39. The van der Waals surface area contributed by atoms with Gasteiger partial charge < -0.3 is 5.32 Å². The van der Waals surface area contributed by atoms with Gasteiger partial charge in [0.05, 0.1) is 10.7 Å². The zero-order valence-corrected chi connectivity index (χ0v) is 13.7. The van der Waals surface area contributed by atoms with Gasteiger partial charge in [0.1, 0.15) is 0 Å². The molecule has 2 aromatic carbocycles. The molecule has 1 unspecified atom stereocenters. The second-order valence-electron chi connectivity index (χ2n) is 6.06. The Balaban J connectivity index is 1.73. The number of anilines is 1. The van der Waals surface area contributed by atoms with Crippen LogP contribution in [-0.2, 0) is 6.42 Å². The summed E-state index contributed by atoms with van der Waals surface area (Å²) in [4.78, 5) is 0. The highest BCUT2D eigenvalue weighted by Crippen LogP contribution is 2.28. The topological polar surface area (TPSA) is 88.4 Å². The Kier molecular flexibility index (Phi) is 4.70. The minimum Gasteiger partial charge on any atom is -0.381 e. The Morgan fingerprint density at radius 2 is 2.08 bits per heavy atom. The molecular weight excluding hydrogens is 298 g/mol. The van der Waals surface area contributed by atoms with Gasteiger partial charge in [-0.1, -0.05) is 43.3 Å². The number of amidine groups is 1. The van der Waals surface area contributed by atoms with E-state index in [1.807, 2.05) is 24.3 Å². The number of rotatable bonds is 4. The lowest BCUT2D eigenvalue weighted by Gasteiger charge is -2.23. The highest BCUT2D eigenvalue weighted by atomic mass is 15.3. The van der Waals surface area contributed by atoms with E-state index in [1.165, 1.54) is 16.7 Å². The molecule has 122 valence electrons. The SMILES string of the molecule is CC1Cc2ccccc2C=C1CNc1cccc(C(=[NH2+])N=NN)c1. The zero-order chi connectivity index (χ0) is 16.9. The van der Waals surface area contributed by atoms with Gasteiger partial charge in [-0.05, 0) is 47.2 Å². The van der Waals surface area contributed by atoms with E-state index in [2.05, 4.69) is 52.9 Å². The number of nitrogens with zero attached hydrogens (tertiary/aromatic N) is 2. The van der Waals surface area contributed by atoms with E-state index >= 15 is 0 Å². The van der Waals surface area contributed by atoms with E-state index in [1.54, 1.807) is 0 Å². The Morgan fingerprint density at radius 1 is 1.25 bits per heavy atom. The standard InChI is InChI=1S/C19H21N5/c1-13-9-14-5-2-3-6-15(14)10-17(13)12-22-18-8-4-7-16(11-18)19(20)23-24-21/h2-8,10-11,13,22H,9,12H2,1H3,(H3,20,21,23)/p+1. The van der Waals surface area contributed by atoms with Crippen LogP contribution >= 0.6 is 0 Å². The molecule has 5 heteroatoms. The summed E-state index contributed by atoms with van der Waals surface area (Å²) in [5, 5.41) is 16.2. The molecule has 24 heavy (non-hydrogen) atoms. The molecule has 0 saturated heterocycles. The Morgan fingerprint density at radius 3 is 2.92 bits per heavy atom. The van der Waals surface area contributed by atoms with Crippen molar-refractivity contribution in [3.8, 4) is 0 Å². The van der Waals surface area contributed by atoms with Crippen LogP contribution in [0.1, 0.15) is 23.6 Å². The smallest absolute Gasteiger partial charge is 0.350 e. The first-order valence-corrected chi connectivity index (χ1v) is 8.03. The highest BCUT2D eigenvalue weighted by Gasteiger charge is 2.17. The zero-order valence-electron chi connectivity index (χ0n) is 13.7. The van der Waals surface area contributed by atoms with Gasteiger partial charge in [0.15, 0.2) is 0 Å². The van der Waals surface area contributed by atoms with E-state index in [0.717, 1.165) is 24.2 Å². The number of fused-ring (bicyclic) bond motifs is 1. The van der Waals surface area contributed by atoms with Crippen LogP contribution in [0.5, 0.6) is 0 Å². The van der Waals surface area contributed by atoms with Crippen molar-refractivity contribution in [2.75, 3.05) is 11.9 Å². The van der Waals surface area contributed by atoms with Crippen LogP contribution in [0.3, 0.4) is 0 Å².